The summed E-state index contributed by atoms with van der Waals surface area (Å²) in [6, 6.07) is 4.63. The number of likely N-dealkylation sites (tertiary alicyclic amines) is 2. The average Bonchev–Trinajstić information content (AvgIpc) is 2.64. The molecular weight excluding hydrogens is 350 g/mol. The lowest BCUT2D eigenvalue weighted by Crippen LogP contribution is -2.53. The Kier molecular flexibility index (Phi) is 5.25. The van der Waals surface area contributed by atoms with E-state index in [0.717, 1.165) is 19.3 Å². The van der Waals surface area contributed by atoms with Gasteiger partial charge in [0.1, 0.15) is 0 Å². The van der Waals surface area contributed by atoms with E-state index in [1.165, 1.54) is 13.2 Å². The number of hydrogen-bond donors (Lipinski definition) is 2. The van der Waals surface area contributed by atoms with E-state index < -0.39 is 5.91 Å². The third-order valence-electron chi connectivity index (χ3n) is 5.63. The highest BCUT2D eigenvalue weighted by atomic mass is 16.5. The molecule has 8 nitrogen and oxygen atoms in total. The molecule has 0 unspecified atom stereocenters. The number of nitrogens with two attached hydrogens (primary N) is 1. The summed E-state index contributed by atoms with van der Waals surface area (Å²) in [5.74, 6) is -0.419. The Hall–Kier alpha value is -2.77. The first-order chi connectivity index (χ1) is 12.8. The van der Waals surface area contributed by atoms with Gasteiger partial charge in [-0.2, -0.15) is 0 Å². The summed E-state index contributed by atoms with van der Waals surface area (Å²) in [4.78, 5) is 39.3. The van der Waals surface area contributed by atoms with Crippen molar-refractivity contribution >= 4 is 17.7 Å². The summed E-state index contributed by atoms with van der Waals surface area (Å²) >= 11 is 0. The van der Waals surface area contributed by atoms with E-state index in [9.17, 15) is 19.5 Å². The van der Waals surface area contributed by atoms with Gasteiger partial charge in [-0.25, -0.2) is 0 Å². The topological polar surface area (TPSA) is 113 Å². The van der Waals surface area contributed by atoms with Crippen LogP contribution in [0.25, 0.3) is 0 Å². The lowest BCUT2D eigenvalue weighted by Gasteiger charge is -2.47. The molecule has 1 aromatic rings. The third-order valence-corrected chi connectivity index (χ3v) is 5.63. The van der Waals surface area contributed by atoms with Crippen molar-refractivity contribution in [1.29, 1.82) is 0 Å². The van der Waals surface area contributed by atoms with E-state index in [1.807, 2.05) is 0 Å². The minimum absolute atomic E-state index is 0.0355. The first-order valence-electron chi connectivity index (χ1n) is 9.06. The molecule has 0 atom stereocenters. The summed E-state index contributed by atoms with van der Waals surface area (Å²) < 4.78 is 5.01. The maximum Gasteiger partial charge on any atom is 0.253 e. The zero-order valence-electron chi connectivity index (χ0n) is 15.4. The molecular formula is C19H25N3O5. The van der Waals surface area contributed by atoms with Gasteiger partial charge in [0, 0.05) is 31.6 Å². The largest absolute Gasteiger partial charge is 0.504 e. The molecule has 8 heteroatoms. The Balaban J connectivity index is 1.64. The Bertz CT molecular complexity index is 756. The number of carbonyl (C=O) groups is 3. The number of primary amides is 1. The van der Waals surface area contributed by atoms with Gasteiger partial charge in [0.15, 0.2) is 11.5 Å². The third kappa shape index (κ3) is 3.99. The fourth-order valence-electron chi connectivity index (χ4n) is 4.03. The maximum atomic E-state index is 12.7. The molecule has 146 valence electrons. The first kappa shape index (κ1) is 19.0. The molecule has 2 heterocycles. The number of phenolic OH excluding ortho intramolecular Hbond substituents is 1. The number of rotatable bonds is 4. The fourth-order valence-corrected chi connectivity index (χ4v) is 4.03. The second-order valence-electron chi connectivity index (χ2n) is 7.39. The van der Waals surface area contributed by atoms with Crippen LogP contribution in [0.5, 0.6) is 11.5 Å². The summed E-state index contributed by atoms with van der Waals surface area (Å²) in [6.45, 7) is 1.61. The molecule has 27 heavy (non-hydrogen) atoms. The molecule has 1 spiro atoms. The lowest BCUT2D eigenvalue weighted by atomic mass is 9.72. The van der Waals surface area contributed by atoms with Crippen molar-refractivity contribution in [3.8, 4) is 11.5 Å². The molecule has 0 aromatic heterocycles. The highest BCUT2D eigenvalue weighted by Crippen LogP contribution is 2.40. The van der Waals surface area contributed by atoms with Crippen LogP contribution >= 0.6 is 0 Å². The Morgan fingerprint density at radius 2 is 1.96 bits per heavy atom. The van der Waals surface area contributed by atoms with Crippen LogP contribution in [0.3, 0.4) is 0 Å². The summed E-state index contributed by atoms with van der Waals surface area (Å²) in [7, 11) is 1.46. The quantitative estimate of drug-likeness (QED) is 0.805. The smallest absolute Gasteiger partial charge is 0.253 e. The molecule has 0 bridgehead atoms. The monoisotopic (exact) mass is 375 g/mol. The Morgan fingerprint density at radius 1 is 1.26 bits per heavy atom. The molecule has 1 aromatic carbocycles. The Morgan fingerprint density at radius 3 is 2.56 bits per heavy atom. The highest BCUT2D eigenvalue weighted by Gasteiger charge is 2.42. The van der Waals surface area contributed by atoms with E-state index >= 15 is 0 Å². The second-order valence-corrected chi connectivity index (χ2v) is 7.39. The van der Waals surface area contributed by atoms with Crippen molar-refractivity contribution in [2.75, 3.05) is 33.3 Å². The van der Waals surface area contributed by atoms with Crippen LogP contribution in [0.1, 0.15) is 36.0 Å². The zero-order valence-corrected chi connectivity index (χ0v) is 15.4. The number of carbonyl (C=O) groups excluding carboxylic acids is 3. The van der Waals surface area contributed by atoms with Crippen LogP contribution in [0, 0.1) is 5.41 Å². The number of phenols is 1. The minimum atomic E-state index is -0.507. The minimum Gasteiger partial charge on any atom is -0.504 e. The molecule has 3 N–H and O–H groups in total. The highest BCUT2D eigenvalue weighted by molar-refractivity contribution is 5.95. The average molecular weight is 375 g/mol. The number of methoxy groups -OCH3 is 1. The number of amides is 3. The normalized spacial score (nSPS) is 19.2. The van der Waals surface area contributed by atoms with Gasteiger partial charge in [-0.1, -0.05) is 0 Å². The van der Waals surface area contributed by atoms with Gasteiger partial charge >= 0.3 is 0 Å². The van der Waals surface area contributed by atoms with Crippen LogP contribution in [0.15, 0.2) is 18.2 Å². The number of aromatic hydroxyl groups is 1. The molecule has 3 amide bonds. The van der Waals surface area contributed by atoms with Crippen LogP contribution in [-0.4, -0.2) is 65.9 Å². The summed E-state index contributed by atoms with van der Waals surface area (Å²) in [5.41, 5.74) is 5.60. The van der Waals surface area contributed by atoms with Crippen LogP contribution in [-0.2, 0) is 9.59 Å². The van der Waals surface area contributed by atoms with Crippen molar-refractivity contribution < 1.29 is 24.2 Å². The predicted octanol–water partition coefficient (Wildman–Crippen LogP) is 0.731. The summed E-state index contributed by atoms with van der Waals surface area (Å²) in [6.07, 6.45) is 2.72. The Labute approximate surface area is 157 Å². The molecule has 0 radical (unpaired) electrons. The van der Waals surface area contributed by atoms with E-state index in [2.05, 4.69) is 0 Å². The molecule has 2 saturated heterocycles. The van der Waals surface area contributed by atoms with Crippen molar-refractivity contribution in [2.45, 2.75) is 25.7 Å². The molecule has 2 aliphatic rings. The lowest BCUT2D eigenvalue weighted by molar-refractivity contribution is -0.142. The number of piperidine rings is 2. The molecule has 3 rings (SSSR count). The molecule has 2 fully saturated rings. The van der Waals surface area contributed by atoms with Crippen molar-refractivity contribution in [3.63, 3.8) is 0 Å². The van der Waals surface area contributed by atoms with Gasteiger partial charge in [-0.05, 0) is 42.9 Å². The number of hydrogen-bond acceptors (Lipinski definition) is 5. The van der Waals surface area contributed by atoms with Gasteiger partial charge in [0.05, 0.1) is 13.7 Å². The number of ether oxygens (including phenoxy) is 1. The second kappa shape index (κ2) is 7.46. The summed E-state index contributed by atoms with van der Waals surface area (Å²) in [5, 5.41) is 9.89. The standard InChI is InChI=1S/C19H25N3O5/c1-27-15-3-2-13(10-14(15)23)18(26)21-8-6-19(7-9-21)5-4-17(25)22(12-19)11-16(20)24/h2-3,10,23H,4-9,11-12H2,1H3,(H2,20,24). The van der Waals surface area contributed by atoms with Crippen molar-refractivity contribution in [2.24, 2.45) is 11.1 Å². The van der Waals surface area contributed by atoms with Crippen molar-refractivity contribution in [3.05, 3.63) is 23.8 Å². The van der Waals surface area contributed by atoms with E-state index in [4.69, 9.17) is 10.5 Å². The van der Waals surface area contributed by atoms with Gasteiger partial charge in [0.25, 0.3) is 5.91 Å². The van der Waals surface area contributed by atoms with E-state index in [0.29, 0.717) is 37.4 Å². The van der Waals surface area contributed by atoms with Crippen molar-refractivity contribution in [1.82, 2.24) is 9.80 Å². The van der Waals surface area contributed by atoms with Gasteiger partial charge < -0.3 is 25.4 Å². The van der Waals surface area contributed by atoms with E-state index in [-0.39, 0.29) is 29.5 Å². The maximum absolute atomic E-state index is 12.7. The predicted molar refractivity (Wildman–Crippen MR) is 97.2 cm³/mol. The SMILES string of the molecule is COc1ccc(C(=O)N2CCC3(CCC(=O)N(CC(N)=O)C3)CC2)cc1O. The van der Waals surface area contributed by atoms with Gasteiger partial charge in [-0.15, -0.1) is 0 Å². The van der Waals surface area contributed by atoms with Crippen LogP contribution in [0.4, 0.5) is 0 Å². The van der Waals surface area contributed by atoms with Gasteiger partial charge in [-0.3, -0.25) is 14.4 Å². The molecule has 2 aliphatic heterocycles. The fraction of sp³-hybridized carbons (Fsp3) is 0.526. The van der Waals surface area contributed by atoms with Crippen LogP contribution in [0.2, 0.25) is 0 Å². The number of nitrogens with zero attached hydrogens (tertiary/aromatic N) is 2. The van der Waals surface area contributed by atoms with Crippen LogP contribution < -0.4 is 10.5 Å². The van der Waals surface area contributed by atoms with Gasteiger partial charge in [0.2, 0.25) is 11.8 Å². The zero-order chi connectivity index (χ0) is 19.6. The first-order valence-corrected chi connectivity index (χ1v) is 9.06. The number of benzene rings is 1. The molecule has 0 saturated carbocycles. The molecule has 0 aliphatic carbocycles. The van der Waals surface area contributed by atoms with E-state index in [1.54, 1.807) is 21.9 Å².